The van der Waals surface area contributed by atoms with Crippen LogP contribution in [0.4, 0.5) is 5.69 Å². The van der Waals surface area contributed by atoms with Crippen molar-refractivity contribution in [2.24, 2.45) is 7.05 Å². The van der Waals surface area contributed by atoms with Crippen molar-refractivity contribution in [3.05, 3.63) is 46.7 Å². The molecule has 2 aromatic rings. The molecule has 7 heteroatoms. The molecular formula is C14H14ClN3O3. The Balaban J connectivity index is 1.93. The summed E-state index contributed by atoms with van der Waals surface area (Å²) in [4.78, 5) is 22.7. The lowest BCUT2D eigenvalue weighted by atomic mass is 10.2. The first kappa shape index (κ1) is 15.1. The number of anilines is 1. The van der Waals surface area contributed by atoms with E-state index in [9.17, 15) is 9.59 Å². The summed E-state index contributed by atoms with van der Waals surface area (Å²) >= 11 is 5.84. The van der Waals surface area contributed by atoms with Gasteiger partial charge in [0.25, 0.3) is 0 Å². The number of carbonyl (C=O) groups excluding carboxylic acids is 1. The molecule has 0 aliphatic carbocycles. The van der Waals surface area contributed by atoms with Gasteiger partial charge in [-0.2, -0.15) is 5.10 Å². The topological polar surface area (TPSA) is 84.2 Å². The molecule has 21 heavy (non-hydrogen) atoms. The lowest BCUT2D eigenvalue weighted by Gasteiger charge is -2.06. The van der Waals surface area contributed by atoms with Crippen molar-refractivity contribution in [2.45, 2.75) is 12.8 Å². The van der Waals surface area contributed by atoms with Crippen LogP contribution in [0.25, 0.3) is 0 Å². The van der Waals surface area contributed by atoms with Gasteiger partial charge in [-0.1, -0.05) is 11.6 Å². The van der Waals surface area contributed by atoms with E-state index in [1.54, 1.807) is 10.9 Å². The number of nitrogens with one attached hydrogen (secondary N) is 1. The molecule has 0 bridgehead atoms. The third kappa shape index (κ3) is 4.06. The molecule has 2 N–H and O–H groups in total. The van der Waals surface area contributed by atoms with Crippen LogP contribution in [0, 0.1) is 0 Å². The van der Waals surface area contributed by atoms with Gasteiger partial charge in [0, 0.05) is 25.4 Å². The fourth-order valence-electron chi connectivity index (χ4n) is 1.85. The summed E-state index contributed by atoms with van der Waals surface area (Å²) < 4.78 is 1.68. The number of carbonyl (C=O) groups is 2. The van der Waals surface area contributed by atoms with E-state index in [2.05, 4.69) is 10.4 Å². The molecule has 1 amide bonds. The average Bonchev–Trinajstić information content (AvgIpc) is 2.82. The van der Waals surface area contributed by atoms with Gasteiger partial charge in [-0.05, 0) is 30.2 Å². The monoisotopic (exact) mass is 307 g/mol. The van der Waals surface area contributed by atoms with E-state index in [4.69, 9.17) is 16.7 Å². The van der Waals surface area contributed by atoms with E-state index < -0.39 is 5.97 Å². The predicted octanol–water partition coefficient (Wildman–Crippen LogP) is 2.34. The molecule has 0 fully saturated rings. The molecule has 2 rings (SSSR count). The molecule has 0 saturated carbocycles. The van der Waals surface area contributed by atoms with Gasteiger partial charge >= 0.3 is 5.97 Å². The van der Waals surface area contributed by atoms with Gasteiger partial charge in [0.1, 0.15) is 0 Å². The molecule has 1 aromatic heterocycles. The number of carboxylic acids is 1. The van der Waals surface area contributed by atoms with E-state index in [-0.39, 0.29) is 16.5 Å². The van der Waals surface area contributed by atoms with Crippen molar-refractivity contribution >= 4 is 29.2 Å². The van der Waals surface area contributed by atoms with Crippen molar-refractivity contribution in [2.75, 3.05) is 5.32 Å². The fraction of sp³-hybridized carbons (Fsp3) is 0.214. The van der Waals surface area contributed by atoms with E-state index >= 15 is 0 Å². The second-order valence-electron chi connectivity index (χ2n) is 4.57. The molecule has 0 saturated heterocycles. The number of nitrogens with zero attached hydrogens (tertiary/aromatic N) is 2. The van der Waals surface area contributed by atoms with Gasteiger partial charge in [-0.3, -0.25) is 9.48 Å². The predicted molar refractivity (Wildman–Crippen MR) is 78.6 cm³/mol. The van der Waals surface area contributed by atoms with Gasteiger partial charge in [-0.15, -0.1) is 0 Å². The zero-order valence-corrected chi connectivity index (χ0v) is 12.1. The summed E-state index contributed by atoms with van der Waals surface area (Å²) in [7, 11) is 1.82. The summed E-state index contributed by atoms with van der Waals surface area (Å²) in [6.07, 6.45) is 4.46. The first-order chi connectivity index (χ1) is 9.95. The Bertz CT molecular complexity index is 682. The number of benzene rings is 1. The highest BCUT2D eigenvalue weighted by atomic mass is 35.5. The summed E-state index contributed by atoms with van der Waals surface area (Å²) in [6.45, 7) is 0. The van der Waals surface area contributed by atoms with Crippen LogP contribution >= 0.6 is 11.6 Å². The quantitative estimate of drug-likeness (QED) is 0.888. The van der Waals surface area contributed by atoms with E-state index in [1.165, 1.54) is 18.2 Å². The molecular weight excluding hydrogens is 294 g/mol. The van der Waals surface area contributed by atoms with Gasteiger partial charge in [-0.25, -0.2) is 4.79 Å². The van der Waals surface area contributed by atoms with Gasteiger partial charge < -0.3 is 10.4 Å². The van der Waals surface area contributed by atoms with Crippen LogP contribution < -0.4 is 5.32 Å². The molecule has 0 aliphatic rings. The van der Waals surface area contributed by atoms with Crippen LogP contribution in [-0.4, -0.2) is 26.8 Å². The second kappa shape index (κ2) is 6.41. The maximum atomic E-state index is 11.8. The number of carboxylic acid groups (broad SMARTS) is 1. The Morgan fingerprint density at radius 1 is 1.43 bits per heavy atom. The van der Waals surface area contributed by atoms with E-state index in [0.717, 1.165) is 5.56 Å². The molecule has 0 atom stereocenters. The lowest BCUT2D eigenvalue weighted by molar-refractivity contribution is -0.116. The summed E-state index contributed by atoms with van der Waals surface area (Å²) in [5.41, 5.74) is 1.46. The number of amides is 1. The lowest BCUT2D eigenvalue weighted by Crippen LogP contribution is -2.12. The van der Waals surface area contributed by atoms with E-state index in [1.807, 2.05) is 13.2 Å². The molecule has 0 radical (unpaired) electrons. The standard InChI is InChI=1S/C14H14ClN3O3/c1-18-8-9(7-16-18)2-5-13(19)17-10-3-4-11(14(20)21)12(15)6-10/h3-4,6-8H,2,5H2,1H3,(H,17,19)(H,20,21). The van der Waals surface area contributed by atoms with Crippen molar-refractivity contribution in [3.8, 4) is 0 Å². The molecule has 6 nitrogen and oxygen atoms in total. The third-order valence-electron chi connectivity index (χ3n) is 2.88. The Hall–Kier alpha value is -2.34. The van der Waals surface area contributed by atoms with Crippen LogP contribution in [-0.2, 0) is 18.3 Å². The average molecular weight is 308 g/mol. The SMILES string of the molecule is Cn1cc(CCC(=O)Nc2ccc(C(=O)O)c(Cl)c2)cn1. The van der Waals surface area contributed by atoms with Crippen LogP contribution in [0.3, 0.4) is 0 Å². The Morgan fingerprint density at radius 2 is 2.19 bits per heavy atom. The zero-order valence-electron chi connectivity index (χ0n) is 11.3. The number of halogens is 1. The summed E-state index contributed by atoms with van der Waals surface area (Å²) in [6, 6.07) is 4.30. The van der Waals surface area contributed by atoms with Crippen LogP contribution in [0.15, 0.2) is 30.6 Å². The number of aryl methyl sites for hydroxylation is 2. The van der Waals surface area contributed by atoms with E-state index in [0.29, 0.717) is 18.5 Å². The third-order valence-corrected chi connectivity index (χ3v) is 3.20. The highest BCUT2D eigenvalue weighted by Crippen LogP contribution is 2.21. The zero-order chi connectivity index (χ0) is 15.4. The second-order valence-corrected chi connectivity index (χ2v) is 4.98. The molecule has 1 heterocycles. The van der Waals surface area contributed by atoms with Crippen molar-refractivity contribution in [3.63, 3.8) is 0 Å². The van der Waals surface area contributed by atoms with Crippen LogP contribution in [0.2, 0.25) is 5.02 Å². The summed E-state index contributed by atoms with van der Waals surface area (Å²) in [5, 5.41) is 15.7. The minimum absolute atomic E-state index is 0.00465. The van der Waals surface area contributed by atoms with Crippen LogP contribution in [0.1, 0.15) is 22.3 Å². The number of rotatable bonds is 5. The smallest absolute Gasteiger partial charge is 0.337 e. The minimum atomic E-state index is -1.10. The Labute approximate surface area is 126 Å². The largest absolute Gasteiger partial charge is 0.478 e. The highest BCUT2D eigenvalue weighted by molar-refractivity contribution is 6.33. The number of hydrogen-bond acceptors (Lipinski definition) is 3. The van der Waals surface area contributed by atoms with Crippen molar-refractivity contribution in [1.82, 2.24) is 9.78 Å². The number of hydrogen-bond donors (Lipinski definition) is 2. The summed E-state index contributed by atoms with van der Waals surface area (Å²) in [5.74, 6) is -1.27. The Morgan fingerprint density at radius 3 is 2.76 bits per heavy atom. The number of aromatic nitrogens is 2. The van der Waals surface area contributed by atoms with Gasteiger partial charge in [0.2, 0.25) is 5.91 Å². The van der Waals surface area contributed by atoms with Crippen LogP contribution in [0.5, 0.6) is 0 Å². The first-order valence-corrected chi connectivity index (χ1v) is 6.63. The fourth-order valence-corrected chi connectivity index (χ4v) is 2.11. The Kier molecular flexibility index (Phi) is 4.59. The maximum absolute atomic E-state index is 11.8. The maximum Gasteiger partial charge on any atom is 0.337 e. The van der Waals surface area contributed by atoms with Gasteiger partial charge in [0.15, 0.2) is 0 Å². The number of aromatic carboxylic acids is 1. The normalized spacial score (nSPS) is 10.4. The molecule has 0 aliphatic heterocycles. The van der Waals surface area contributed by atoms with Gasteiger partial charge in [0.05, 0.1) is 16.8 Å². The molecule has 110 valence electrons. The van der Waals surface area contributed by atoms with Crippen molar-refractivity contribution in [1.29, 1.82) is 0 Å². The minimum Gasteiger partial charge on any atom is -0.478 e. The highest BCUT2D eigenvalue weighted by Gasteiger charge is 2.10. The first-order valence-electron chi connectivity index (χ1n) is 6.26. The molecule has 1 aromatic carbocycles. The molecule has 0 spiro atoms. The molecule has 0 unspecified atom stereocenters. The van der Waals surface area contributed by atoms with Crippen molar-refractivity contribution < 1.29 is 14.7 Å².